The average molecular weight is 372 g/mol. The van der Waals surface area contributed by atoms with E-state index in [4.69, 9.17) is 14.2 Å². The van der Waals surface area contributed by atoms with E-state index >= 15 is 0 Å². The van der Waals surface area contributed by atoms with Crippen molar-refractivity contribution in [3.63, 3.8) is 0 Å². The maximum Gasteiger partial charge on any atom is 0.255 e. The Hall–Kier alpha value is -3.22. The van der Waals surface area contributed by atoms with Gasteiger partial charge in [0.25, 0.3) is 5.91 Å². The summed E-state index contributed by atoms with van der Waals surface area (Å²) in [6.07, 6.45) is 0. The molecule has 0 atom stereocenters. The molecule has 7 heteroatoms. The van der Waals surface area contributed by atoms with Crippen LogP contribution in [-0.4, -0.2) is 33.1 Å². The van der Waals surface area contributed by atoms with Gasteiger partial charge in [0.15, 0.2) is 11.5 Å². The molecule has 0 aliphatic carbocycles. The predicted molar refractivity (Wildman–Crippen MR) is 104 cm³/mol. The molecule has 27 heavy (non-hydrogen) atoms. The summed E-state index contributed by atoms with van der Waals surface area (Å²) < 4.78 is 15.8. The number of hydrogen-bond donors (Lipinski definition) is 2. The maximum absolute atomic E-state index is 12.6. The normalized spacial score (nSPS) is 10.3. The molecule has 0 saturated carbocycles. The third-order valence-electron chi connectivity index (χ3n) is 3.84. The van der Waals surface area contributed by atoms with Gasteiger partial charge < -0.3 is 24.8 Å². The van der Waals surface area contributed by atoms with Crippen molar-refractivity contribution in [2.24, 2.45) is 5.92 Å². The fraction of sp³-hybridized carbons (Fsp3) is 0.300. The van der Waals surface area contributed by atoms with Crippen LogP contribution in [0.3, 0.4) is 0 Å². The van der Waals surface area contributed by atoms with E-state index in [2.05, 4.69) is 10.6 Å². The Balaban J connectivity index is 2.23. The fourth-order valence-corrected chi connectivity index (χ4v) is 2.38. The summed E-state index contributed by atoms with van der Waals surface area (Å²) in [5.41, 5.74) is 1.51. The minimum absolute atomic E-state index is 0.0943. The lowest BCUT2D eigenvalue weighted by atomic mass is 10.1. The van der Waals surface area contributed by atoms with Crippen LogP contribution in [0.2, 0.25) is 0 Å². The monoisotopic (exact) mass is 372 g/mol. The Labute approximate surface area is 158 Å². The first kappa shape index (κ1) is 20.1. The number of methoxy groups -OCH3 is 3. The van der Waals surface area contributed by atoms with Gasteiger partial charge in [-0.05, 0) is 30.3 Å². The van der Waals surface area contributed by atoms with Crippen LogP contribution < -0.4 is 24.8 Å². The minimum atomic E-state index is -0.346. The van der Waals surface area contributed by atoms with Crippen LogP contribution in [0.1, 0.15) is 24.2 Å². The summed E-state index contributed by atoms with van der Waals surface area (Å²) in [5.74, 6) is 0.613. The van der Waals surface area contributed by atoms with Gasteiger partial charge in [0.2, 0.25) is 11.7 Å². The number of carbonyl (C=O) groups excluding carboxylic acids is 2. The van der Waals surface area contributed by atoms with E-state index in [9.17, 15) is 9.59 Å². The lowest BCUT2D eigenvalue weighted by Crippen LogP contribution is -2.18. The number of carbonyl (C=O) groups is 2. The molecule has 144 valence electrons. The zero-order valence-electron chi connectivity index (χ0n) is 16.1. The topological polar surface area (TPSA) is 85.9 Å². The first-order valence-corrected chi connectivity index (χ1v) is 8.41. The van der Waals surface area contributed by atoms with Gasteiger partial charge in [-0.3, -0.25) is 9.59 Å². The van der Waals surface area contributed by atoms with Crippen LogP contribution in [0.25, 0.3) is 0 Å². The zero-order chi connectivity index (χ0) is 20.0. The molecule has 2 amide bonds. The molecule has 0 spiro atoms. The first-order chi connectivity index (χ1) is 12.9. The van der Waals surface area contributed by atoms with Crippen molar-refractivity contribution in [3.05, 3.63) is 42.0 Å². The van der Waals surface area contributed by atoms with Gasteiger partial charge in [-0.15, -0.1) is 0 Å². The van der Waals surface area contributed by atoms with Crippen LogP contribution >= 0.6 is 0 Å². The van der Waals surface area contributed by atoms with Gasteiger partial charge in [0.1, 0.15) is 0 Å². The smallest absolute Gasteiger partial charge is 0.255 e. The van der Waals surface area contributed by atoms with Crippen molar-refractivity contribution < 1.29 is 23.8 Å². The van der Waals surface area contributed by atoms with Crippen LogP contribution in [-0.2, 0) is 4.79 Å². The number of anilines is 2. The fourth-order valence-electron chi connectivity index (χ4n) is 2.38. The third kappa shape index (κ3) is 4.91. The second-order valence-electron chi connectivity index (χ2n) is 6.09. The highest BCUT2D eigenvalue weighted by Gasteiger charge is 2.17. The second-order valence-corrected chi connectivity index (χ2v) is 6.09. The van der Waals surface area contributed by atoms with E-state index in [0.29, 0.717) is 34.2 Å². The van der Waals surface area contributed by atoms with Crippen molar-refractivity contribution in [1.29, 1.82) is 0 Å². The van der Waals surface area contributed by atoms with Gasteiger partial charge in [-0.2, -0.15) is 0 Å². The van der Waals surface area contributed by atoms with E-state index in [1.54, 1.807) is 36.4 Å². The molecule has 0 unspecified atom stereocenters. The molecule has 2 aromatic rings. The quantitative estimate of drug-likeness (QED) is 0.776. The number of nitrogens with one attached hydrogen (secondary N) is 2. The Bertz CT molecular complexity index is 808. The number of rotatable bonds is 7. The van der Waals surface area contributed by atoms with Gasteiger partial charge in [0.05, 0.1) is 21.3 Å². The van der Waals surface area contributed by atoms with Crippen molar-refractivity contribution in [1.82, 2.24) is 0 Å². The molecule has 0 radical (unpaired) electrons. The molecule has 0 aliphatic heterocycles. The molecule has 0 fully saturated rings. The largest absolute Gasteiger partial charge is 0.493 e. The van der Waals surface area contributed by atoms with Crippen molar-refractivity contribution in [2.75, 3.05) is 32.0 Å². The van der Waals surface area contributed by atoms with E-state index in [-0.39, 0.29) is 17.7 Å². The Morgan fingerprint density at radius 3 is 1.89 bits per heavy atom. The summed E-state index contributed by atoms with van der Waals surface area (Å²) in [6.45, 7) is 3.62. The van der Waals surface area contributed by atoms with Crippen molar-refractivity contribution in [2.45, 2.75) is 13.8 Å². The van der Waals surface area contributed by atoms with Gasteiger partial charge in [0, 0.05) is 22.9 Å². The van der Waals surface area contributed by atoms with E-state index in [0.717, 1.165) is 0 Å². The molecule has 2 N–H and O–H groups in total. The number of hydrogen-bond acceptors (Lipinski definition) is 5. The Morgan fingerprint density at radius 2 is 1.41 bits per heavy atom. The lowest BCUT2D eigenvalue weighted by molar-refractivity contribution is -0.118. The highest BCUT2D eigenvalue weighted by atomic mass is 16.5. The molecule has 2 aromatic carbocycles. The maximum atomic E-state index is 12.6. The minimum Gasteiger partial charge on any atom is -0.493 e. The van der Waals surface area contributed by atoms with Crippen LogP contribution in [0.5, 0.6) is 17.2 Å². The summed E-state index contributed by atoms with van der Waals surface area (Å²) in [7, 11) is 4.47. The van der Waals surface area contributed by atoms with Crippen LogP contribution in [0.4, 0.5) is 11.4 Å². The molecule has 0 bridgehead atoms. The standard InChI is InChI=1S/C20H24N2O5/c1-12(2)19(23)21-14-7-6-8-15(11-14)22-20(24)13-9-16(25-3)18(27-5)17(10-13)26-4/h6-12H,1-5H3,(H,21,23)(H,22,24). The Morgan fingerprint density at radius 1 is 0.852 bits per heavy atom. The molecule has 0 aliphatic rings. The molecule has 2 rings (SSSR count). The average Bonchev–Trinajstić information content (AvgIpc) is 2.66. The van der Waals surface area contributed by atoms with E-state index in [1.165, 1.54) is 21.3 Å². The van der Waals surface area contributed by atoms with Crippen LogP contribution in [0, 0.1) is 5.92 Å². The second kappa shape index (κ2) is 8.93. The van der Waals surface area contributed by atoms with Gasteiger partial charge >= 0.3 is 0 Å². The predicted octanol–water partition coefficient (Wildman–Crippen LogP) is 3.56. The Kier molecular flexibility index (Phi) is 6.65. The van der Waals surface area contributed by atoms with Crippen molar-refractivity contribution in [3.8, 4) is 17.2 Å². The SMILES string of the molecule is COc1cc(C(=O)Nc2cccc(NC(=O)C(C)C)c2)cc(OC)c1OC. The highest BCUT2D eigenvalue weighted by Crippen LogP contribution is 2.38. The number of amides is 2. The van der Waals surface area contributed by atoms with Crippen LogP contribution in [0.15, 0.2) is 36.4 Å². The van der Waals surface area contributed by atoms with Crippen molar-refractivity contribution >= 4 is 23.2 Å². The third-order valence-corrected chi connectivity index (χ3v) is 3.84. The summed E-state index contributed by atoms with van der Waals surface area (Å²) in [4.78, 5) is 24.5. The van der Waals surface area contributed by atoms with Gasteiger partial charge in [-0.25, -0.2) is 0 Å². The first-order valence-electron chi connectivity index (χ1n) is 8.41. The highest BCUT2D eigenvalue weighted by molar-refractivity contribution is 6.05. The zero-order valence-corrected chi connectivity index (χ0v) is 16.1. The molecule has 0 heterocycles. The lowest BCUT2D eigenvalue weighted by Gasteiger charge is -2.14. The summed E-state index contributed by atoms with van der Waals surface area (Å²) in [6, 6.07) is 10.1. The summed E-state index contributed by atoms with van der Waals surface area (Å²) >= 11 is 0. The van der Waals surface area contributed by atoms with E-state index < -0.39 is 0 Å². The summed E-state index contributed by atoms with van der Waals surface area (Å²) in [5, 5.41) is 5.60. The number of ether oxygens (including phenoxy) is 3. The molecular weight excluding hydrogens is 348 g/mol. The van der Waals surface area contributed by atoms with Gasteiger partial charge in [-0.1, -0.05) is 19.9 Å². The van der Waals surface area contributed by atoms with E-state index in [1.807, 2.05) is 13.8 Å². The molecule has 7 nitrogen and oxygen atoms in total. The number of benzene rings is 2. The molecular formula is C20H24N2O5. The molecule has 0 aromatic heterocycles. The molecule has 0 saturated heterocycles.